The number of aliphatic hydroxyl groups is 1. The zero-order valence-electron chi connectivity index (χ0n) is 10.8. The Kier molecular flexibility index (Phi) is 4.00. The monoisotopic (exact) mass is 242 g/mol. The van der Waals surface area contributed by atoms with Gasteiger partial charge in [-0.15, -0.1) is 0 Å². The van der Waals surface area contributed by atoms with Crippen LogP contribution in [-0.4, -0.2) is 5.11 Å². The van der Waals surface area contributed by atoms with E-state index in [-0.39, 0.29) is 6.61 Å². The van der Waals surface area contributed by atoms with E-state index >= 15 is 0 Å². The maximum atomic E-state index is 9.37. The first-order chi connectivity index (χ1) is 8.74. The molecule has 2 nitrogen and oxygen atoms in total. The number of ether oxygens (including phenoxy) is 1. The van der Waals surface area contributed by atoms with Crippen molar-refractivity contribution in [3.63, 3.8) is 0 Å². The minimum Gasteiger partial charge on any atom is -0.457 e. The van der Waals surface area contributed by atoms with Crippen LogP contribution in [0, 0.1) is 6.92 Å². The van der Waals surface area contributed by atoms with Gasteiger partial charge in [0.15, 0.2) is 0 Å². The average molecular weight is 242 g/mol. The molecule has 0 radical (unpaired) electrons. The maximum Gasteiger partial charge on any atom is 0.132 e. The molecule has 2 rings (SSSR count). The van der Waals surface area contributed by atoms with Gasteiger partial charge in [-0.3, -0.25) is 0 Å². The Hall–Kier alpha value is -1.80. The van der Waals surface area contributed by atoms with E-state index in [4.69, 9.17) is 4.74 Å². The molecular weight excluding hydrogens is 224 g/mol. The number of benzene rings is 2. The molecule has 18 heavy (non-hydrogen) atoms. The molecule has 1 N–H and O–H groups in total. The Morgan fingerprint density at radius 3 is 2.44 bits per heavy atom. The van der Waals surface area contributed by atoms with Gasteiger partial charge in [0.2, 0.25) is 0 Å². The second-order valence-electron chi connectivity index (χ2n) is 4.33. The lowest BCUT2D eigenvalue weighted by Gasteiger charge is -2.13. The molecule has 0 amide bonds. The molecule has 0 atom stereocenters. The van der Waals surface area contributed by atoms with Gasteiger partial charge in [-0.2, -0.15) is 0 Å². The summed E-state index contributed by atoms with van der Waals surface area (Å²) in [6, 6.07) is 13.8. The summed E-state index contributed by atoms with van der Waals surface area (Å²) in [6.45, 7) is 4.10. The van der Waals surface area contributed by atoms with Gasteiger partial charge in [0, 0.05) is 5.56 Å². The number of para-hydroxylation sites is 1. The largest absolute Gasteiger partial charge is 0.457 e. The van der Waals surface area contributed by atoms with Crippen molar-refractivity contribution in [2.75, 3.05) is 0 Å². The molecule has 94 valence electrons. The lowest BCUT2D eigenvalue weighted by Crippen LogP contribution is -1.95. The Balaban J connectivity index is 2.33. The van der Waals surface area contributed by atoms with Crippen LogP contribution in [0.25, 0.3) is 0 Å². The molecule has 0 bridgehead atoms. The Bertz CT molecular complexity index is 532. The smallest absolute Gasteiger partial charge is 0.132 e. The highest BCUT2D eigenvalue weighted by Gasteiger charge is 2.07. The first-order valence-corrected chi connectivity index (χ1v) is 6.20. The lowest BCUT2D eigenvalue weighted by atomic mass is 10.1. The molecule has 0 saturated carbocycles. The maximum absolute atomic E-state index is 9.37. The molecule has 0 aliphatic rings. The van der Waals surface area contributed by atoms with Crippen LogP contribution in [0.5, 0.6) is 11.5 Å². The number of hydrogen-bond donors (Lipinski definition) is 1. The summed E-state index contributed by atoms with van der Waals surface area (Å²) in [5, 5.41) is 9.37. The zero-order valence-corrected chi connectivity index (χ0v) is 10.8. The highest BCUT2D eigenvalue weighted by Crippen LogP contribution is 2.29. The molecule has 2 heteroatoms. The summed E-state index contributed by atoms with van der Waals surface area (Å²) in [5.74, 6) is 1.59. The van der Waals surface area contributed by atoms with Crippen molar-refractivity contribution in [3.05, 3.63) is 59.2 Å². The molecule has 0 aliphatic carbocycles. The Labute approximate surface area is 108 Å². The predicted octanol–water partition coefficient (Wildman–Crippen LogP) is 3.84. The standard InChI is InChI=1S/C16H18O2/c1-3-13-6-4-5-7-15(13)18-16-9-8-12(2)10-14(16)11-17/h4-10,17H,3,11H2,1-2H3. The molecule has 0 heterocycles. The van der Waals surface area contributed by atoms with E-state index in [1.165, 1.54) is 5.56 Å². The highest BCUT2D eigenvalue weighted by molar-refractivity contribution is 5.42. The predicted molar refractivity (Wildman–Crippen MR) is 73.0 cm³/mol. The third kappa shape index (κ3) is 2.71. The third-order valence-electron chi connectivity index (χ3n) is 2.96. The van der Waals surface area contributed by atoms with E-state index in [0.717, 1.165) is 29.0 Å². The average Bonchev–Trinajstić information content (AvgIpc) is 2.41. The molecule has 0 aromatic heterocycles. The number of aliphatic hydroxyl groups excluding tert-OH is 1. The van der Waals surface area contributed by atoms with E-state index in [2.05, 4.69) is 13.0 Å². The summed E-state index contributed by atoms with van der Waals surface area (Å²) < 4.78 is 5.92. The van der Waals surface area contributed by atoms with E-state index in [9.17, 15) is 5.11 Å². The molecule has 2 aromatic rings. The summed E-state index contributed by atoms with van der Waals surface area (Å²) in [4.78, 5) is 0. The van der Waals surface area contributed by atoms with Crippen LogP contribution in [0.2, 0.25) is 0 Å². The highest BCUT2D eigenvalue weighted by atomic mass is 16.5. The fourth-order valence-corrected chi connectivity index (χ4v) is 1.95. The van der Waals surface area contributed by atoms with Gasteiger partial charge in [0.05, 0.1) is 6.61 Å². The van der Waals surface area contributed by atoms with Crippen LogP contribution in [0.3, 0.4) is 0 Å². The minimum atomic E-state index is -0.00863. The van der Waals surface area contributed by atoms with Crippen molar-refractivity contribution in [1.82, 2.24) is 0 Å². The summed E-state index contributed by atoms with van der Waals surface area (Å²) in [5.41, 5.74) is 3.11. The van der Waals surface area contributed by atoms with Crippen molar-refractivity contribution in [2.24, 2.45) is 0 Å². The van der Waals surface area contributed by atoms with Crippen molar-refractivity contribution < 1.29 is 9.84 Å². The van der Waals surface area contributed by atoms with Crippen molar-refractivity contribution in [3.8, 4) is 11.5 Å². The first-order valence-electron chi connectivity index (χ1n) is 6.20. The van der Waals surface area contributed by atoms with E-state index < -0.39 is 0 Å². The summed E-state index contributed by atoms with van der Waals surface area (Å²) in [6.07, 6.45) is 0.927. The molecular formula is C16H18O2. The van der Waals surface area contributed by atoms with Crippen LogP contribution < -0.4 is 4.74 Å². The van der Waals surface area contributed by atoms with Crippen LogP contribution in [-0.2, 0) is 13.0 Å². The summed E-state index contributed by atoms with van der Waals surface area (Å²) in [7, 11) is 0. The molecule has 0 aliphatic heterocycles. The van der Waals surface area contributed by atoms with Gasteiger partial charge in [-0.25, -0.2) is 0 Å². The number of aryl methyl sites for hydroxylation is 2. The van der Waals surface area contributed by atoms with Crippen molar-refractivity contribution in [1.29, 1.82) is 0 Å². The number of hydrogen-bond acceptors (Lipinski definition) is 2. The van der Waals surface area contributed by atoms with Crippen molar-refractivity contribution >= 4 is 0 Å². The molecule has 0 saturated heterocycles. The minimum absolute atomic E-state index is 0.00863. The SMILES string of the molecule is CCc1ccccc1Oc1ccc(C)cc1CO. The second kappa shape index (κ2) is 5.69. The van der Waals surface area contributed by atoms with Crippen LogP contribution in [0.4, 0.5) is 0 Å². The van der Waals surface area contributed by atoms with Crippen LogP contribution >= 0.6 is 0 Å². The van der Waals surface area contributed by atoms with Gasteiger partial charge >= 0.3 is 0 Å². The molecule has 0 spiro atoms. The first kappa shape index (κ1) is 12.7. The summed E-state index contributed by atoms with van der Waals surface area (Å²) >= 11 is 0. The quantitative estimate of drug-likeness (QED) is 0.882. The van der Waals surface area contributed by atoms with E-state index in [1.807, 2.05) is 43.3 Å². The third-order valence-corrected chi connectivity index (χ3v) is 2.96. The van der Waals surface area contributed by atoms with E-state index in [1.54, 1.807) is 0 Å². The van der Waals surface area contributed by atoms with E-state index in [0.29, 0.717) is 0 Å². The van der Waals surface area contributed by atoms with Gasteiger partial charge < -0.3 is 9.84 Å². The molecule has 0 unspecified atom stereocenters. The fraction of sp³-hybridized carbons (Fsp3) is 0.250. The zero-order chi connectivity index (χ0) is 13.0. The van der Waals surface area contributed by atoms with Crippen LogP contribution in [0.1, 0.15) is 23.6 Å². The normalized spacial score (nSPS) is 10.4. The van der Waals surface area contributed by atoms with Gasteiger partial charge in [0.25, 0.3) is 0 Å². The lowest BCUT2D eigenvalue weighted by molar-refractivity contribution is 0.276. The van der Waals surface area contributed by atoms with Gasteiger partial charge in [-0.05, 0) is 31.0 Å². The molecule has 0 fully saturated rings. The topological polar surface area (TPSA) is 29.5 Å². The van der Waals surface area contributed by atoms with Gasteiger partial charge in [0.1, 0.15) is 11.5 Å². The Morgan fingerprint density at radius 1 is 1.00 bits per heavy atom. The van der Waals surface area contributed by atoms with Crippen LogP contribution in [0.15, 0.2) is 42.5 Å². The second-order valence-corrected chi connectivity index (χ2v) is 4.33. The van der Waals surface area contributed by atoms with Gasteiger partial charge in [-0.1, -0.05) is 42.8 Å². The number of rotatable bonds is 4. The fourth-order valence-electron chi connectivity index (χ4n) is 1.95. The van der Waals surface area contributed by atoms with Crippen molar-refractivity contribution in [2.45, 2.75) is 26.9 Å². The Morgan fingerprint density at radius 2 is 1.72 bits per heavy atom. The molecule has 2 aromatic carbocycles.